The van der Waals surface area contributed by atoms with Crippen LogP contribution in [0.15, 0.2) is 53.3 Å². The van der Waals surface area contributed by atoms with E-state index in [-0.39, 0.29) is 11.5 Å². The number of piperazine rings is 1. The van der Waals surface area contributed by atoms with Crippen molar-refractivity contribution in [2.75, 3.05) is 31.1 Å². The van der Waals surface area contributed by atoms with Gasteiger partial charge in [0.05, 0.1) is 5.52 Å². The zero-order chi connectivity index (χ0) is 19.0. The number of carbonyl (C=O) groups is 1. The van der Waals surface area contributed by atoms with Crippen LogP contribution in [0.4, 0.5) is 10.1 Å². The number of amides is 1. The first-order valence-corrected chi connectivity index (χ1v) is 8.95. The van der Waals surface area contributed by atoms with E-state index in [2.05, 4.69) is 35.0 Å². The Morgan fingerprint density at radius 3 is 2.56 bits per heavy atom. The zero-order valence-corrected chi connectivity index (χ0v) is 15.0. The topological polar surface area (TPSA) is 56.4 Å². The highest BCUT2D eigenvalue weighted by molar-refractivity contribution is 5.97. The van der Waals surface area contributed by atoms with Gasteiger partial charge in [-0.15, -0.1) is 0 Å². The van der Waals surface area contributed by atoms with Crippen molar-refractivity contribution in [1.82, 2.24) is 9.88 Å². The van der Waals surface area contributed by atoms with E-state index in [1.807, 2.05) is 6.07 Å². The Hall–Kier alpha value is -3.15. The summed E-state index contributed by atoms with van der Waals surface area (Å²) in [5, 5.41) is 0.637. The van der Waals surface area contributed by atoms with Gasteiger partial charge in [-0.3, -0.25) is 9.59 Å². The van der Waals surface area contributed by atoms with Crippen molar-refractivity contribution >= 4 is 22.5 Å². The Balaban J connectivity index is 1.52. The summed E-state index contributed by atoms with van der Waals surface area (Å²) in [5.74, 6) is -0.712. The number of hydrogen-bond acceptors (Lipinski definition) is 3. The lowest BCUT2D eigenvalue weighted by Crippen LogP contribution is -2.49. The van der Waals surface area contributed by atoms with Crippen molar-refractivity contribution in [1.29, 1.82) is 0 Å². The average molecular weight is 365 g/mol. The van der Waals surface area contributed by atoms with E-state index in [1.54, 1.807) is 17.0 Å². The lowest BCUT2D eigenvalue weighted by molar-refractivity contribution is 0.0745. The van der Waals surface area contributed by atoms with Gasteiger partial charge >= 0.3 is 0 Å². The summed E-state index contributed by atoms with van der Waals surface area (Å²) in [7, 11) is 0. The lowest BCUT2D eigenvalue weighted by Gasteiger charge is -2.36. The second kappa shape index (κ2) is 6.87. The first-order chi connectivity index (χ1) is 13.0. The molecule has 4 rings (SSSR count). The summed E-state index contributed by atoms with van der Waals surface area (Å²) in [6.45, 7) is 4.58. The van der Waals surface area contributed by atoms with Crippen LogP contribution in [-0.2, 0) is 0 Å². The molecule has 3 aromatic rings. The number of aryl methyl sites for hydroxylation is 1. The highest BCUT2D eigenvalue weighted by atomic mass is 19.1. The van der Waals surface area contributed by atoms with Gasteiger partial charge in [-0.1, -0.05) is 12.1 Å². The maximum atomic E-state index is 13.3. The van der Waals surface area contributed by atoms with Crippen LogP contribution < -0.4 is 10.5 Å². The van der Waals surface area contributed by atoms with Gasteiger partial charge in [0, 0.05) is 31.9 Å². The molecule has 0 bridgehead atoms. The molecule has 2 heterocycles. The fraction of sp³-hybridized carbons (Fsp3) is 0.238. The molecule has 5 nitrogen and oxygen atoms in total. The molecular weight excluding hydrogens is 345 g/mol. The van der Waals surface area contributed by atoms with Gasteiger partial charge in [0.15, 0.2) is 0 Å². The number of nitrogens with zero attached hydrogens (tertiary/aromatic N) is 2. The van der Waals surface area contributed by atoms with Crippen molar-refractivity contribution in [3.63, 3.8) is 0 Å². The SMILES string of the molecule is Cc1cccc(N2CCN(C(=O)c3cc4ccc(F)cc4[nH]c3=O)CC2)c1. The Labute approximate surface area is 156 Å². The summed E-state index contributed by atoms with van der Waals surface area (Å²) < 4.78 is 13.3. The molecule has 138 valence electrons. The third-order valence-corrected chi connectivity index (χ3v) is 4.97. The number of carbonyl (C=O) groups excluding carboxylic acids is 1. The Bertz CT molecular complexity index is 1070. The average Bonchev–Trinajstić information content (AvgIpc) is 2.67. The van der Waals surface area contributed by atoms with Gasteiger partial charge in [-0.2, -0.15) is 0 Å². The van der Waals surface area contributed by atoms with Gasteiger partial charge in [0.2, 0.25) is 0 Å². The molecule has 0 radical (unpaired) electrons. The molecule has 0 saturated carbocycles. The molecule has 1 aliphatic heterocycles. The normalized spacial score (nSPS) is 14.6. The molecule has 0 atom stereocenters. The third kappa shape index (κ3) is 3.43. The predicted molar refractivity (Wildman–Crippen MR) is 104 cm³/mol. The van der Waals surface area contributed by atoms with Gasteiger partial charge in [0.1, 0.15) is 11.4 Å². The number of fused-ring (bicyclic) bond motifs is 1. The molecule has 27 heavy (non-hydrogen) atoms. The smallest absolute Gasteiger partial charge is 0.261 e. The number of halogens is 1. The quantitative estimate of drug-likeness (QED) is 0.760. The highest BCUT2D eigenvalue weighted by Crippen LogP contribution is 2.19. The van der Waals surface area contributed by atoms with Crippen LogP contribution in [0.2, 0.25) is 0 Å². The summed E-state index contributed by atoms with van der Waals surface area (Å²) in [6.07, 6.45) is 0. The molecule has 0 unspecified atom stereocenters. The minimum Gasteiger partial charge on any atom is -0.368 e. The first kappa shape index (κ1) is 17.3. The van der Waals surface area contributed by atoms with E-state index < -0.39 is 11.4 Å². The summed E-state index contributed by atoms with van der Waals surface area (Å²) in [5.41, 5.74) is 2.34. The summed E-state index contributed by atoms with van der Waals surface area (Å²) in [6, 6.07) is 14.0. The first-order valence-electron chi connectivity index (χ1n) is 8.95. The standard InChI is InChI=1S/C21H20FN3O2/c1-14-3-2-4-17(11-14)24-7-9-25(10-8-24)21(27)18-12-15-5-6-16(22)13-19(15)23-20(18)26/h2-6,11-13H,7-10H2,1H3,(H,23,26). The maximum absolute atomic E-state index is 13.3. The Morgan fingerprint density at radius 1 is 1.04 bits per heavy atom. The van der Waals surface area contributed by atoms with Crippen molar-refractivity contribution in [3.8, 4) is 0 Å². The lowest BCUT2D eigenvalue weighted by atomic mass is 10.1. The molecule has 1 aliphatic rings. The molecule has 0 spiro atoms. The molecule has 1 N–H and O–H groups in total. The van der Waals surface area contributed by atoms with Crippen molar-refractivity contribution < 1.29 is 9.18 Å². The van der Waals surface area contributed by atoms with Crippen LogP contribution in [-0.4, -0.2) is 42.0 Å². The van der Waals surface area contributed by atoms with Crippen LogP contribution in [0, 0.1) is 12.7 Å². The highest BCUT2D eigenvalue weighted by Gasteiger charge is 2.24. The van der Waals surface area contributed by atoms with Gasteiger partial charge in [0.25, 0.3) is 11.5 Å². The van der Waals surface area contributed by atoms with E-state index in [4.69, 9.17) is 0 Å². The van der Waals surface area contributed by atoms with Gasteiger partial charge in [-0.25, -0.2) is 4.39 Å². The Kier molecular flexibility index (Phi) is 4.39. The molecule has 2 aromatic carbocycles. The van der Waals surface area contributed by atoms with E-state index in [1.165, 1.54) is 17.7 Å². The number of benzene rings is 2. The second-order valence-corrected chi connectivity index (χ2v) is 6.86. The van der Waals surface area contributed by atoms with Crippen LogP contribution in [0.25, 0.3) is 10.9 Å². The van der Waals surface area contributed by atoms with E-state index >= 15 is 0 Å². The van der Waals surface area contributed by atoms with Crippen LogP contribution >= 0.6 is 0 Å². The van der Waals surface area contributed by atoms with Crippen molar-refractivity contribution in [3.05, 3.63) is 75.8 Å². The maximum Gasteiger partial charge on any atom is 0.261 e. The van der Waals surface area contributed by atoms with Gasteiger partial charge < -0.3 is 14.8 Å². The molecule has 1 saturated heterocycles. The number of hydrogen-bond donors (Lipinski definition) is 1. The van der Waals surface area contributed by atoms with Gasteiger partial charge in [-0.05, 0) is 54.3 Å². The number of aromatic amines is 1. The molecule has 0 aliphatic carbocycles. The van der Waals surface area contributed by atoms with Crippen molar-refractivity contribution in [2.24, 2.45) is 0 Å². The minimum atomic E-state index is -0.487. The van der Waals surface area contributed by atoms with Crippen LogP contribution in [0.3, 0.4) is 0 Å². The fourth-order valence-electron chi connectivity index (χ4n) is 3.49. The Morgan fingerprint density at radius 2 is 1.81 bits per heavy atom. The largest absolute Gasteiger partial charge is 0.368 e. The number of nitrogens with one attached hydrogen (secondary N) is 1. The summed E-state index contributed by atoms with van der Waals surface area (Å²) >= 11 is 0. The van der Waals surface area contributed by atoms with Crippen LogP contribution in [0.5, 0.6) is 0 Å². The number of anilines is 1. The third-order valence-electron chi connectivity index (χ3n) is 4.97. The molecule has 1 aromatic heterocycles. The number of rotatable bonds is 2. The molecule has 6 heteroatoms. The number of aromatic nitrogens is 1. The van der Waals surface area contributed by atoms with E-state index in [0.717, 1.165) is 5.69 Å². The van der Waals surface area contributed by atoms with E-state index in [9.17, 15) is 14.0 Å². The van der Waals surface area contributed by atoms with Crippen LogP contribution in [0.1, 0.15) is 15.9 Å². The molecule has 1 fully saturated rings. The minimum absolute atomic E-state index is 0.0955. The zero-order valence-electron chi connectivity index (χ0n) is 15.0. The number of pyridine rings is 1. The second-order valence-electron chi connectivity index (χ2n) is 6.86. The summed E-state index contributed by atoms with van der Waals surface area (Å²) in [4.78, 5) is 31.7. The molecule has 1 amide bonds. The predicted octanol–water partition coefficient (Wildman–Crippen LogP) is 2.94. The van der Waals surface area contributed by atoms with E-state index in [0.29, 0.717) is 37.1 Å². The van der Waals surface area contributed by atoms with Crippen molar-refractivity contribution in [2.45, 2.75) is 6.92 Å². The molecular formula is C21H20FN3O2. The monoisotopic (exact) mass is 365 g/mol. The fourth-order valence-corrected chi connectivity index (χ4v) is 3.49. The number of H-pyrrole nitrogens is 1.